The van der Waals surface area contributed by atoms with Gasteiger partial charge in [0.2, 0.25) is 0 Å². The van der Waals surface area contributed by atoms with Gasteiger partial charge in [0.05, 0.1) is 0 Å². The van der Waals surface area contributed by atoms with Crippen LogP contribution in [0.15, 0.2) is 23.3 Å². The first-order valence-electron chi connectivity index (χ1n) is 27.9. The number of nitrogens with zero attached hydrogens (tertiary/aromatic N) is 10. The molecule has 0 aromatic carbocycles. The molecule has 0 aromatic heterocycles. The van der Waals surface area contributed by atoms with E-state index in [1.165, 1.54) is 148 Å². The van der Waals surface area contributed by atoms with Gasteiger partial charge in [-0.15, -0.1) is 0 Å². The summed E-state index contributed by atoms with van der Waals surface area (Å²) in [5.74, 6) is 0. The van der Waals surface area contributed by atoms with E-state index in [0.717, 1.165) is 49.3 Å². The lowest BCUT2D eigenvalue weighted by molar-refractivity contribution is 0.0991. The first-order chi connectivity index (χ1) is 33.1. The molecule has 6 heterocycles. The second-order valence-corrected chi connectivity index (χ2v) is 23.3. The van der Waals surface area contributed by atoms with Crippen molar-refractivity contribution in [1.29, 1.82) is 0 Å². The van der Waals surface area contributed by atoms with Crippen LogP contribution in [0.1, 0.15) is 90.9 Å². The van der Waals surface area contributed by atoms with E-state index in [-0.39, 0.29) is 0 Å². The lowest BCUT2D eigenvalue weighted by Gasteiger charge is -2.39. The van der Waals surface area contributed by atoms with Crippen LogP contribution in [0.2, 0.25) is 0 Å². The fraction of sp³-hybridized carbons (Fsp3) is 0.929. The van der Waals surface area contributed by atoms with Crippen molar-refractivity contribution in [3.05, 3.63) is 23.3 Å². The molecule has 0 unspecified atom stereocenters. The van der Waals surface area contributed by atoms with Gasteiger partial charge in [-0.25, -0.2) is 0 Å². The zero-order valence-electron chi connectivity index (χ0n) is 50.2. The molecule has 8 rings (SSSR count). The van der Waals surface area contributed by atoms with Gasteiger partial charge >= 0.3 is 0 Å². The maximum atomic E-state index is 3.25. The SMILES string of the molecule is CC1=C[C@@H](N(C)C)CC1.CN(C)C[C@@H]1CCCN1C.CN(C)C[C@H]1CCN1C.CN1CC[C@H](N(C)C)C1.CNC[C@@H]1CCCN1C.CNC[C@H]1CCN1C.CN[C@@H]1C=C(C)CC1.CN[C@H]1CCN(C)C1. The van der Waals surface area contributed by atoms with Gasteiger partial charge in [0.15, 0.2) is 0 Å². The van der Waals surface area contributed by atoms with Crippen molar-refractivity contribution in [2.75, 3.05) is 205 Å². The van der Waals surface area contributed by atoms with Gasteiger partial charge < -0.3 is 70.3 Å². The van der Waals surface area contributed by atoms with Crippen LogP contribution in [-0.2, 0) is 0 Å². The summed E-state index contributed by atoms with van der Waals surface area (Å²) in [6.45, 7) is 19.3. The molecular formula is C56H122N14. The Bertz CT molecular complexity index is 1330. The van der Waals surface area contributed by atoms with E-state index in [9.17, 15) is 0 Å². The Morgan fingerprint density at radius 2 is 0.929 bits per heavy atom. The molecule has 6 saturated heterocycles. The van der Waals surface area contributed by atoms with Gasteiger partial charge in [-0.2, -0.15) is 0 Å². The number of rotatable bonds is 12. The third-order valence-electron chi connectivity index (χ3n) is 15.8. The second kappa shape index (κ2) is 38.5. The van der Waals surface area contributed by atoms with E-state index in [0.29, 0.717) is 12.1 Å². The quantitative estimate of drug-likeness (QED) is 0.211. The third kappa shape index (κ3) is 29.7. The molecule has 0 aromatic rings. The molecule has 0 amide bonds. The molecule has 6 fully saturated rings. The summed E-state index contributed by atoms with van der Waals surface area (Å²) in [5, 5.41) is 12.8. The summed E-state index contributed by atoms with van der Waals surface area (Å²) in [6.07, 6.45) is 20.8. The molecule has 8 atom stereocenters. The molecule has 416 valence electrons. The summed E-state index contributed by atoms with van der Waals surface area (Å²) in [5.41, 5.74) is 3.08. The van der Waals surface area contributed by atoms with Gasteiger partial charge in [0, 0.05) is 87.6 Å². The number of allylic oxidation sites excluding steroid dienone is 2. The van der Waals surface area contributed by atoms with Crippen molar-refractivity contribution in [2.45, 2.75) is 139 Å². The predicted octanol–water partition coefficient (Wildman–Crippen LogP) is 4.24. The van der Waals surface area contributed by atoms with Crippen LogP contribution in [0.25, 0.3) is 0 Å². The van der Waals surface area contributed by atoms with E-state index in [2.05, 4.69) is 195 Å². The molecule has 4 N–H and O–H groups in total. The monoisotopic (exact) mass is 991 g/mol. The smallest absolute Gasteiger partial charge is 0.0277 e. The fourth-order valence-corrected chi connectivity index (χ4v) is 10.3. The van der Waals surface area contributed by atoms with Crippen molar-refractivity contribution in [2.24, 2.45) is 0 Å². The van der Waals surface area contributed by atoms with Crippen molar-refractivity contribution in [3.63, 3.8) is 0 Å². The average molecular weight is 992 g/mol. The van der Waals surface area contributed by atoms with Crippen LogP contribution in [0.5, 0.6) is 0 Å². The molecule has 0 bridgehead atoms. The Kier molecular flexibility index (Phi) is 36.8. The van der Waals surface area contributed by atoms with Crippen molar-refractivity contribution in [3.8, 4) is 0 Å². The molecule has 0 radical (unpaired) electrons. The number of hydrogen-bond donors (Lipinski definition) is 4. The summed E-state index contributed by atoms with van der Waals surface area (Å²) >= 11 is 0. The number of likely N-dealkylation sites (N-methyl/N-ethyl adjacent to an activating group) is 14. The Morgan fingerprint density at radius 3 is 1.17 bits per heavy atom. The molecule has 2 aliphatic carbocycles. The third-order valence-corrected chi connectivity index (χ3v) is 15.8. The topological polar surface area (TPSA) is 80.5 Å². The Hall–Kier alpha value is -1.08. The standard InChI is InChI=1S/C8H18N2.C8H15N.3C7H16N2.C7H13N.2C6H14N2/c1-9(2)7-8-5-4-6-10(8)3;1-7-4-5-8(6-7)9(2)3;1-8(2)7-4-5-9(3)6-7;1-8(2)6-7-4-5-9(7)3;1-8-6-7-4-3-5-9(7)2;1-6-3-4-7(5-6)8-2;1-7-6-3-4-8(2)5-6;1-7-5-6-3-4-8(6)2/h8H,4-7H2,1-3H3;6,8H,4-5H2,1-3H3;2*7H,4-6H2,1-3H3;7-8H,3-6H2,1-2H3;5,7-8H,3-4H2,1-2H3;2*6-7H,3-5H2,1-2H3/t2*8-;4*7-;2*6-/m00010001/s1. The van der Waals surface area contributed by atoms with Crippen molar-refractivity contribution >= 4 is 0 Å². The highest BCUT2D eigenvalue weighted by Crippen LogP contribution is 2.21. The minimum atomic E-state index is 0.662. The Balaban J connectivity index is 0.000000400. The van der Waals surface area contributed by atoms with Crippen molar-refractivity contribution < 1.29 is 0 Å². The largest absolute Gasteiger partial charge is 0.318 e. The number of hydrogen-bond acceptors (Lipinski definition) is 14. The number of likely N-dealkylation sites (tertiary alicyclic amines) is 6. The zero-order valence-corrected chi connectivity index (χ0v) is 50.2. The van der Waals surface area contributed by atoms with Crippen LogP contribution in [0.4, 0.5) is 0 Å². The number of nitrogens with one attached hydrogen (secondary N) is 4. The fourth-order valence-electron chi connectivity index (χ4n) is 10.3. The van der Waals surface area contributed by atoms with Crippen LogP contribution >= 0.6 is 0 Å². The average Bonchev–Trinajstić information content (AvgIpc) is 4.20. The molecule has 14 nitrogen and oxygen atoms in total. The first-order valence-corrected chi connectivity index (χ1v) is 27.9. The molecule has 0 spiro atoms. The van der Waals surface area contributed by atoms with E-state index in [1.54, 1.807) is 5.57 Å². The molecule has 70 heavy (non-hydrogen) atoms. The normalized spacial score (nSPS) is 29.1. The first kappa shape index (κ1) is 66.9. The van der Waals surface area contributed by atoms with Crippen LogP contribution < -0.4 is 21.3 Å². The maximum Gasteiger partial charge on any atom is 0.0277 e. The highest BCUT2D eigenvalue weighted by molar-refractivity contribution is 5.11. The molecule has 0 saturated carbocycles. The lowest BCUT2D eigenvalue weighted by Crippen LogP contribution is -2.49. The highest BCUT2D eigenvalue weighted by atomic mass is 15.2. The molecule has 8 aliphatic rings. The summed E-state index contributed by atoms with van der Waals surface area (Å²) in [4.78, 5) is 23.5. The zero-order chi connectivity index (χ0) is 52.8. The summed E-state index contributed by atoms with van der Waals surface area (Å²) in [6, 6.07) is 6.19. The minimum Gasteiger partial charge on any atom is -0.318 e. The van der Waals surface area contributed by atoms with Crippen LogP contribution in [0.3, 0.4) is 0 Å². The van der Waals surface area contributed by atoms with E-state index < -0.39 is 0 Å². The Labute approximate surface area is 436 Å². The van der Waals surface area contributed by atoms with Gasteiger partial charge in [-0.1, -0.05) is 23.3 Å². The minimum absolute atomic E-state index is 0.662. The highest BCUT2D eigenvalue weighted by Gasteiger charge is 2.25. The van der Waals surface area contributed by atoms with Crippen LogP contribution in [-0.4, -0.2) is 303 Å². The van der Waals surface area contributed by atoms with Crippen LogP contribution in [0, 0.1) is 0 Å². The maximum absolute atomic E-state index is 3.25. The van der Waals surface area contributed by atoms with E-state index in [4.69, 9.17) is 0 Å². The predicted molar refractivity (Wildman–Crippen MR) is 309 cm³/mol. The molecule has 14 heteroatoms. The van der Waals surface area contributed by atoms with Gasteiger partial charge in [0.1, 0.15) is 0 Å². The summed E-state index contributed by atoms with van der Waals surface area (Å²) < 4.78 is 0. The summed E-state index contributed by atoms with van der Waals surface area (Å²) in [7, 11) is 38.4. The van der Waals surface area contributed by atoms with Gasteiger partial charge in [-0.05, 0) is 257 Å². The molecular weight excluding hydrogens is 869 g/mol. The lowest BCUT2D eigenvalue weighted by atomic mass is 10.0. The molecule has 6 aliphatic heterocycles. The van der Waals surface area contributed by atoms with Gasteiger partial charge in [0.25, 0.3) is 0 Å². The van der Waals surface area contributed by atoms with Gasteiger partial charge in [-0.3, -0.25) is 0 Å². The second-order valence-electron chi connectivity index (χ2n) is 23.3. The van der Waals surface area contributed by atoms with E-state index in [1.807, 2.05) is 28.2 Å². The van der Waals surface area contributed by atoms with Crippen molar-refractivity contribution in [1.82, 2.24) is 70.3 Å². The Morgan fingerprint density at radius 1 is 0.471 bits per heavy atom. The van der Waals surface area contributed by atoms with E-state index >= 15 is 0 Å².